The smallest absolute Gasteiger partial charge is 0.336 e. The van der Waals surface area contributed by atoms with Gasteiger partial charge in [-0.25, -0.2) is 0 Å². The van der Waals surface area contributed by atoms with E-state index in [1.54, 1.807) is 6.92 Å². The molecule has 0 radical (unpaired) electrons. The van der Waals surface area contributed by atoms with E-state index in [2.05, 4.69) is 5.32 Å². The van der Waals surface area contributed by atoms with E-state index in [4.69, 9.17) is 34.8 Å². The van der Waals surface area contributed by atoms with Crippen LogP contribution >= 0.6 is 34.8 Å². The summed E-state index contributed by atoms with van der Waals surface area (Å²) in [6.45, 7) is 1.22. The minimum absolute atomic E-state index is 0.0794. The van der Waals surface area contributed by atoms with Crippen LogP contribution in [0, 0.1) is 5.41 Å². The second-order valence-electron chi connectivity index (χ2n) is 6.12. The average Bonchev–Trinajstić information content (AvgIpc) is 2.98. The first-order chi connectivity index (χ1) is 11.3. The van der Waals surface area contributed by atoms with Gasteiger partial charge in [-0.3, -0.25) is 9.59 Å². The minimum Gasteiger partial charge on any atom is -0.336 e. The summed E-state index contributed by atoms with van der Waals surface area (Å²) in [5.74, 6) is -1.08. The van der Waals surface area contributed by atoms with Crippen LogP contribution in [-0.4, -0.2) is 34.6 Å². The van der Waals surface area contributed by atoms with Crippen LogP contribution in [0.25, 0.3) is 0 Å². The summed E-state index contributed by atoms with van der Waals surface area (Å²) >= 11 is 17.4. The normalized spacial score (nSPS) is 21.6. The van der Waals surface area contributed by atoms with Crippen LogP contribution in [0.5, 0.6) is 0 Å². The highest BCUT2D eigenvalue weighted by Crippen LogP contribution is 2.64. The van der Waals surface area contributed by atoms with E-state index >= 15 is 0 Å². The number of carbonyl (C=O) groups excluding carboxylic acids is 2. The Hall–Kier alpha value is -1.18. The van der Waals surface area contributed by atoms with Crippen LogP contribution in [0.3, 0.4) is 0 Å². The molecule has 0 saturated heterocycles. The first-order valence-electron chi connectivity index (χ1n) is 7.08. The lowest BCUT2D eigenvalue weighted by molar-refractivity contribution is -0.137. The number of hydrogen-bond donors (Lipinski definition) is 1. The second kappa shape index (κ2) is 6.52. The van der Waals surface area contributed by atoms with Crippen molar-refractivity contribution in [2.45, 2.75) is 23.9 Å². The van der Waals surface area contributed by atoms with Crippen LogP contribution in [0.4, 0.5) is 18.9 Å². The molecule has 0 aliphatic heterocycles. The molecule has 1 N–H and O–H groups in total. The summed E-state index contributed by atoms with van der Waals surface area (Å²) in [5.41, 5.74) is -2.12. The Kier molecular flexibility index (Phi) is 5.25. The number of carbonyl (C=O) groups is 2. The van der Waals surface area contributed by atoms with Gasteiger partial charge in [-0.2, -0.15) is 13.2 Å². The largest absolute Gasteiger partial charge is 0.417 e. The first kappa shape index (κ1) is 20.1. The summed E-state index contributed by atoms with van der Waals surface area (Å²) in [6.07, 6.45) is -4.38. The number of nitrogens with one attached hydrogen (secondary N) is 1. The molecule has 1 saturated carbocycles. The summed E-state index contributed by atoms with van der Waals surface area (Å²) < 4.78 is 37.3. The molecule has 2 rings (SSSR count). The van der Waals surface area contributed by atoms with E-state index in [9.17, 15) is 22.8 Å². The number of rotatable bonds is 4. The number of likely N-dealkylation sites (N-methyl/N-ethyl adjacent to an activating group) is 1. The molecular formula is C15H14Cl3F3N2O2. The third kappa shape index (κ3) is 4.15. The molecule has 0 heterocycles. The highest BCUT2D eigenvalue weighted by Gasteiger charge is 2.68. The molecule has 2 amide bonds. The van der Waals surface area contributed by atoms with Gasteiger partial charge in [0.1, 0.15) is 4.33 Å². The summed E-state index contributed by atoms with van der Waals surface area (Å²) in [4.78, 5) is 25.4. The van der Waals surface area contributed by atoms with E-state index < -0.39 is 38.3 Å². The molecule has 25 heavy (non-hydrogen) atoms. The number of benzene rings is 1. The Morgan fingerprint density at radius 1 is 1.32 bits per heavy atom. The van der Waals surface area contributed by atoms with E-state index in [1.165, 1.54) is 13.1 Å². The maximum atomic E-state index is 12.8. The number of halogens is 6. The van der Waals surface area contributed by atoms with Crippen LogP contribution in [0.2, 0.25) is 5.02 Å². The van der Waals surface area contributed by atoms with Crippen molar-refractivity contribution in [3.05, 3.63) is 28.8 Å². The van der Waals surface area contributed by atoms with Crippen molar-refractivity contribution < 1.29 is 22.8 Å². The van der Waals surface area contributed by atoms with Crippen molar-refractivity contribution in [1.82, 2.24) is 4.90 Å². The number of alkyl halides is 5. The molecule has 138 valence electrons. The van der Waals surface area contributed by atoms with E-state index in [0.29, 0.717) is 0 Å². The summed E-state index contributed by atoms with van der Waals surface area (Å²) in [5, 5.41) is 1.83. The van der Waals surface area contributed by atoms with E-state index in [0.717, 1.165) is 17.0 Å². The third-order valence-electron chi connectivity index (χ3n) is 4.01. The molecule has 1 aliphatic carbocycles. The van der Waals surface area contributed by atoms with Gasteiger partial charge in [0.05, 0.1) is 22.5 Å². The zero-order valence-corrected chi connectivity index (χ0v) is 15.4. The summed E-state index contributed by atoms with van der Waals surface area (Å²) in [6, 6.07) is 3.00. The lowest BCUT2D eigenvalue weighted by atomic mass is 10.1. The standard InChI is InChI=1S/C15H14Cl3F3N2O2/c1-13(7-14(13,17)18)12(25)23(2)6-11(24)22-8-3-4-10(16)9(5-8)15(19,20)21/h3-5H,6-7H2,1-2H3,(H,22,24)/t13-/m0/s1. The lowest BCUT2D eigenvalue weighted by Gasteiger charge is -2.22. The molecule has 1 aromatic carbocycles. The quantitative estimate of drug-likeness (QED) is 0.741. The topological polar surface area (TPSA) is 49.4 Å². The third-order valence-corrected chi connectivity index (χ3v) is 5.44. The Labute approximate surface area is 157 Å². The van der Waals surface area contributed by atoms with Gasteiger partial charge in [0.2, 0.25) is 11.8 Å². The fourth-order valence-corrected chi connectivity index (χ4v) is 3.28. The van der Waals surface area contributed by atoms with Gasteiger partial charge >= 0.3 is 6.18 Å². The van der Waals surface area contributed by atoms with Gasteiger partial charge in [-0.05, 0) is 31.5 Å². The number of anilines is 1. The van der Waals surface area contributed by atoms with Crippen LogP contribution < -0.4 is 5.32 Å². The van der Waals surface area contributed by atoms with Crippen molar-refractivity contribution in [2.75, 3.05) is 18.9 Å². The number of nitrogens with zero attached hydrogens (tertiary/aromatic N) is 1. The van der Waals surface area contributed by atoms with Crippen molar-refractivity contribution in [1.29, 1.82) is 0 Å². The Bertz CT molecular complexity index is 724. The van der Waals surface area contributed by atoms with Crippen LogP contribution in [-0.2, 0) is 15.8 Å². The highest BCUT2D eigenvalue weighted by atomic mass is 35.5. The highest BCUT2D eigenvalue weighted by molar-refractivity contribution is 6.53. The molecule has 1 fully saturated rings. The van der Waals surface area contributed by atoms with Crippen molar-refractivity contribution in [3.8, 4) is 0 Å². The summed E-state index contributed by atoms with van der Waals surface area (Å²) in [7, 11) is 1.39. The molecule has 0 unspecified atom stereocenters. The van der Waals surface area contributed by atoms with Gasteiger partial charge in [0, 0.05) is 12.7 Å². The van der Waals surface area contributed by atoms with Gasteiger partial charge in [-0.15, -0.1) is 23.2 Å². The lowest BCUT2D eigenvalue weighted by Crippen LogP contribution is -2.40. The zero-order chi connectivity index (χ0) is 19.2. The molecule has 0 aromatic heterocycles. The Morgan fingerprint density at radius 3 is 2.36 bits per heavy atom. The predicted octanol–water partition coefficient (Wildman–Crippen LogP) is 4.34. The van der Waals surface area contributed by atoms with Crippen molar-refractivity contribution >= 4 is 52.3 Å². The van der Waals surface area contributed by atoms with Crippen LogP contribution in [0.1, 0.15) is 18.9 Å². The van der Waals surface area contributed by atoms with Crippen molar-refractivity contribution in [3.63, 3.8) is 0 Å². The first-order valence-corrected chi connectivity index (χ1v) is 8.21. The van der Waals surface area contributed by atoms with Gasteiger partial charge in [0.15, 0.2) is 0 Å². The van der Waals surface area contributed by atoms with Crippen molar-refractivity contribution in [2.24, 2.45) is 5.41 Å². The van der Waals surface area contributed by atoms with Gasteiger partial charge in [-0.1, -0.05) is 11.6 Å². The SMILES string of the molecule is CN(CC(=O)Nc1ccc(Cl)c(C(F)(F)F)c1)C(=O)[C@]1(C)CC1(Cl)Cl. The Morgan fingerprint density at radius 2 is 1.88 bits per heavy atom. The second-order valence-corrected chi connectivity index (χ2v) is 8.01. The maximum Gasteiger partial charge on any atom is 0.417 e. The molecule has 0 spiro atoms. The maximum absolute atomic E-state index is 12.8. The van der Waals surface area contributed by atoms with E-state index in [-0.39, 0.29) is 18.7 Å². The van der Waals surface area contributed by atoms with Gasteiger partial charge in [0.25, 0.3) is 0 Å². The van der Waals surface area contributed by atoms with Gasteiger partial charge < -0.3 is 10.2 Å². The predicted molar refractivity (Wildman–Crippen MR) is 89.9 cm³/mol. The van der Waals surface area contributed by atoms with Crippen LogP contribution in [0.15, 0.2) is 18.2 Å². The fourth-order valence-electron chi connectivity index (χ4n) is 2.36. The minimum atomic E-state index is -4.64. The monoisotopic (exact) mass is 416 g/mol. The number of amides is 2. The Balaban J connectivity index is 2.02. The molecule has 4 nitrogen and oxygen atoms in total. The number of hydrogen-bond acceptors (Lipinski definition) is 2. The molecule has 1 aromatic rings. The molecular weight excluding hydrogens is 404 g/mol. The molecule has 1 aliphatic rings. The van der Waals surface area contributed by atoms with E-state index in [1.807, 2.05) is 0 Å². The molecule has 1 atom stereocenters. The fraction of sp³-hybridized carbons (Fsp3) is 0.467. The average molecular weight is 418 g/mol. The zero-order valence-electron chi connectivity index (χ0n) is 13.2. The molecule has 10 heteroatoms. The molecule has 0 bridgehead atoms.